The zero-order chi connectivity index (χ0) is 12.3. The Bertz CT molecular complexity index is 342. The molecule has 0 amide bonds. The highest BCUT2D eigenvalue weighted by Gasteiger charge is 2.31. The number of hydrogen-bond acceptors (Lipinski definition) is 2. The molecule has 0 saturated heterocycles. The van der Waals surface area contributed by atoms with Crippen LogP contribution in [0.1, 0.15) is 36.9 Å². The molecule has 2 N–H and O–H groups in total. The van der Waals surface area contributed by atoms with Crippen molar-refractivity contribution in [1.82, 2.24) is 5.32 Å². The van der Waals surface area contributed by atoms with E-state index in [1.807, 2.05) is 0 Å². The first-order valence-electron chi connectivity index (χ1n) is 6.61. The fraction of sp³-hybridized carbons (Fsp3) is 0.600. The third kappa shape index (κ3) is 3.55. The minimum Gasteiger partial charge on any atom is -0.396 e. The molecule has 2 unspecified atom stereocenters. The molecule has 1 saturated carbocycles. The van der Waals surface area contributed by atoms with Gasteiger partial charge in [-0.05, 0) is 37.2 Å². The van der Waals surface area contributed by atoms with Crippen molar-refractivity contribution in [1.29, 1.82) is 0 Å². The molecule has 0 heterocycles. The summed E-state index contributed by atoms with van der Waals surface area (Å²) in [6, 6.07) is 9.30. The van der Waals surface area contributed by atoms with Crippen molar-refractivity contribution in [3.05, 3.63) is 35.4 Å². The number of rotatable bonds is 6. The highest BCUT2D eigenvalue weighted by atomic mass is 16.3. The van der Waals surface area contributed by atoms with E-state index in [-0.39, 0.29) is 6.61 Å². The van der Waals surface area contributed by atoms with E-state index >= 15 is 0 Å². The van der Waals surface area contributed by atoms with Crippen LogP contribution < -0.4 is 5.32 Å². The minimum absolute atomic E-state index is 0.262. The molecule has 0 spiro atoms. The zero-order valence-corrected chi connectivity index (χ0v) is 10.8. The predicted octanol–water partition coefficient (Wildman–Crippen LogP) is 2.66. The second kappa shape index (κ2) is 5.65. The standard InChI is InChI=1S/C15H23NO/c1-11-3-5-13(6-4-11)15(14-7-8-14)16-9-12(2)10-17/h3-6,12,14-17H,7-10H2,1-2H3. The Morgan fingerprint density at radius 1 is 1.29 bits per heavy atom. The second-order valence-corrected chi connectivity index (χ2v) is 5.42. The van der Waals surface area contributed by atoms with Crippen molar-refractivity contribution < 1.29 is 5.11 Å². The maximum Gasteiger partial charge on any atom is 0.0468 e. The van der Waals surface area contributed by atoms with Gasteiger partial charge in [0.15, 0.2) is 0 Å². The molecule has 0 aliphatic heterocycles. The molecule has 1 fully saturated rings. The van der Waals surface area contributed by atoms with Gasteiger partial charge in [0.25, 0.3) is 0 Å². The van der Waals surface area contributed by atoms with Gasteiger partial charge in [-0.2, -0.15) is 0 Å². The molecule has 1 aliphatic rings. The molecule has 1 aliphatic carbocycles. The van der Waals surface area contributed by atoms with E-state index in [9.17, 15) is 0 Å². The Morgan fingerprint density at radius 3 is 2.47 bits per heavy atom. The summed E-state index contributed by atoms with van der Waals surface area (Å²) in [5.41, 5.74) is 2.70. The van der Waals surface area contributed by atoms with Crippen LogP contribution in [0.25, 0.3) is 0 Å². The first-order valence-corrected chi connectivity index (χ1v) is 6.61. The number of aliphatic hydroxyl groups is 1. The lowest BCUT2D eigenvalue weighted by Gasteiger charge is -2.21. The van der Waals surface area contributed by atoms with Crippen molar-refractivity contribution in [3.63, 3.8) is 0 Å². The highest BCUT2D eigenvalue weighted by Crippen LogP contribution is 2.41. The molecule has 2 atom stereocenters. The summed E-state index contributed by atoms with van der Waals surface area (Å²) in [5.74, 6) is 1.13. The lowest BCUT2D eigenvalue weighted by Crippen LogP contribution is -2.29. The summed E-state index contributed by atoms with van der Waals surface area (Å²) in [6.45, 7) is 5.35. The topological polar surface area (TPSA) is 32.3 Å². The molecular formula is C15H23NO. The van der Waals surface area contributed by atoms with Crippen molar-refractivity contribution in [2.24, 2.45) is 11.8 Å². The highest BCUT2D eigenvalue weighted by molar-refractivity contribution is 5.25. The molecular weight excluding hydrogens is 210 g/mol. The van der Waals surface area contributed by atoms with E-state index in [1.54, 1.807) is 0 Å². The number of nitrogens with one attached hydrogen (secondary N) is 1. The molecule has 0 bridgehead atoms. The van der Waals surface area contributed by atoms with Gasteiger partial charge in [-0.15, -0.1) is 0 Å². The Morgan fingerprint density at radius 2 is 1.94 bits per heavy atom. The lowest BCUT2D eigenvalue weighted by atomic mass is 10.0. The molecule has 0 radical (unpaired) electrons. The van der Waals surface area contributed by atoms with Crippen LogP contribution in [0.4, 0.5) is 0 Å². The molecule has 0 aromatic heterocycles. The van der Waals surface area contributed by atoms with Crippen molar-refractivity contribution in [2.75, 3.05) is 13.2 Å². The van der Waals surface area contributed by atoms with Gasteiger partial charge in [0.05, 0.1) is 0 Å². The molecule has 1 aromatic rings. The van der Waals surface area contributed by atoms with Crippen LogP contribution in [0.15, 0.2) is 24.3 Å². The van der Waals surface area contributed by atoms with Gasteiger partial charge in [0.2, 0.25) is 0 Å². The maximum atomic E-state index is 9.07. The molecule has 2 nitrogen and oxygen atoms in total. The van der Waals surface area contributed by atoms with E-state index < -0.39 is 0 Å². The second-order valence-electron chi connectivity index (χ2n) is 5.42. The summed E-state index contributed by atoms with van der Waals surface area (Å²) in [6.07, 6.45) is 2.66. The predicted molar refractivity (Wildman–Crippen MR) is 70.9 cm³/mol. The van der Waals surface area contributed by atoms with Crippen molar-refractivity contribution >= 4 is 0 Å². The first-order chi connectivity index (χ1) is 8.20. The van der Waals surface area contributed by atoms with Gasteiger partial charge < -0.3 is 10.4 Å². The van der Waals surface area contributed by atoms with Gasteiger partial charge in [0, 0.05) is 19.2 Å². The van der Waals surface area contributed by atoms with Crippen LogP contribution in [0, 0.1) is 18.8 Å². The Kier molecular flexibility index (Phi) is 4.19. The molecule has 94 valence electrons. The molecule has 17 heavy (non-hydrogen) atoms. The average molecular weight is 233 g/mol. The molecule has 1 aromatic carbocycles. The third-order valence-electron chi connectivity index (χ3n) is 3.53. The van der Waals surface area contributed by atoms with Crippen LogP contribution in [0.2, 0.25) is 0 Å². The third-order valence-corrected chi connectivity index (χ3v) is 3.53. The monoisotopic (exact) mass is 233 g/mol. The maximum absolute atomic E-state index is 9.07. The van der Waals surface area contributed by atoms with Gasteiger partial charge in [0.1, 0.15) is 0 Å². The van der Waals surface area contributed by atoms with Crippen LogP contribution in [-0.2, 0) is 0 Å². The zero-order valence-electron chi connectivity index (χ0n) is 10.8. The van der Waals surface area contributed by atoms with Crippen LogP contribution in [-0.4, -0.2) is 18.3 Å². The minimum atomic E-state index is 0.262. The van der Waals surface area contributed by atoms with Crippen molar-refractivity contribution in [2.45, 2.75) is 32.7 Å². The van der Waals surface area contributed by atoms with Gasteiger partial charge in [-0.25, -0.2) is 0 Å². The largest absolute Gasteiger partial charge is 0.396 e. The number of aliphatic hydroxyl groups excluding tert-OH is 1. The number of aryl methyl sites for hydroxylation is 1. The fourth-order valence-corrected chi connectivity index (χ4v) is 2.15. The van der Waals surface area contributed by atoms with Crippen molar-refractivity contribution in [3.8, 4) is 0 Å². The summed E-state index contributed by atoms with van der Waals surface area (Å²) in [5, 5.41) is 12.7. The van der Waals surface area contributed by atoms with Gasteiger partial charge in [-0.3, -0.25) is 0 Å². The smallest absolute Gasteiger partial charge is 0.0468 e. The van der Waals surface area contributed by atoms with E-state index in [4.69, 9.17) is 5.11 Å². The van der Waals surface area contributed by atoms with E-state index in [2.05, 4.69) is 43.4 Å². The summed E-state index contributed by atoms with van der Waals surface area (Å²) in [4.78, 5) is 0. The quantitative estimate of drug-likeness (QED) is 0.791. The van der Waals surface area contributed by atoms with Gasteiger partial charge in [-0.1, -0.05) is 36.8 Å². The van der Waals surface area contributed by atoms with E-state index in [0.717, 1.165) is 12.5 Å². The average Bonchev–Trinajstić information content (AvgIpc) is 3.15. The normalized spacial score (nSPS) is 19.0. The Balaban J connectivity index is 1.99. The van der Waals surface area contributed by atoms with E-state index in [1.165, 1.54) is 24.0 Å². The first kappa shape index (κ1) is 12.6. The Labute approximate surface area is 104 Å². The number of hydrogen-bond donors (Lipinski definition) is 2. The summed E-state index contributed by atoms with van der Waals surface area (Å²) < 4.78 is 0. The molecule has 2 rings (SSSR count). The number of benzene rings is 1. The van der Waals surface area contributed by atoms with Crippen LogP contribution >= 0.6 is 0 Å². The van der Waals surface area contributed by atoms with E-state index in [0.29, 0.717) is 12.0 Å². The van der Waals surface area contributed by atoms with Gasteiger partial charge >= 0.3 is 0 Å². The fourth-order valence-electron chi connectivity index (χ4n) is 2.15. The molecule has 2 heteroatoms. The van der Waals surface area contributed by atoms with Crippen LogP contribution in [0.5, 0.6) is 0 Å². The Hall–Kier alpha value is -0.860. The summed E-state index contributed by atoms with van der Waals surface area (Å²) >= 11 is 0. The SMILES string of the molecule is Cc1ccc(C(NCC(C)CO)C2CC2)cc1. The van der Waals surface area contributed by atoms with Crippen LogP contribution in [0.3, 0.4) is 0 Å². The summed E-state index contributed by atoms with van der Waals surface area (Å²) in [7, 11) is 0. The lowest BCUT2D eigenvalue weighted by molar-refractivity contribution is 0.228.